The third kappa shape index (κ3) is 4.64. The van der Waals surface area contributed by atoms with Gasteiger partial charge in [0.1, 0.15) is 0 Å². The van der Waals surface area contributed by atoms with Gasteiger partial charge in [0.05, 0.1) is 17.2 Å². The van der Waals surface area contributed by atoms with Crippen molar-refractivity contribution in [2.45, 2.75) is 18.9 Å². The maximum Gasteiger partial charge on any atom is 0.270 e. The van der Waals surface area contributed by atoms with Crippen LogP contribution in [-0.4, -0.2) is 35.5 Å². The number of hydrogen-bond acceptors (Lipinski definition) is 6. The highest BCUT2D eigenvalue weighted by atomic mass is 32.1. The molecule has 0 saturated carbocycles. The number of rotatable bonds is 5. The molecule has 0 bridgehead atoms. The number of nitrogens with zero attached hydrogens (tertiary/aromatic N) is 2. The van der Waals surface area contributed by atoms with Crippen molar-refractivity contribution >= 4 is 29.2 Å². The molecule has 1 saturated heterocycles. The molecule has 9 heteroatoms. The van der Waals surface area contributed by atoms with E-state index in [9.17, 15) is 15.2 Å². The highest BCUT2D eigenvalue weighted by Gasteiger charge is 2.15. The van der Waals surface area contributed by atoms with E-state index in [2.05, 4.69) is 15.8 Å². The Morgan fingerprint density at radius 2 is 2.41 bits per heavy atom. The third-order valence-corrected chi connectivity index (χ3v) is 3.32. The van der Waals surface area contributed by atoms with E-state index in [0.29, 0.717) is 11.7 Å². The van der Waals surface area contributed by atoms with Crippen LogP contribution in [0.15, 0.2) is 23.3 Å². The summed E-state index contributed by atoms with van der Waals surface area (Å²) in [6, 6.07) is 3.45. The Morgan fingerprint density at radius 1 is 1.59 bits per heavy atom. The summed E-state index contributed by atoms with van der Waals surface area (Å²) in [4.78, 5) is 10.1. The lowest BCUT2D eigenvalue weighted by atomic mass is 10.2. The van der Waals surface area contributed by atoms with Crippen LogP contribution in [0, 0.1) is 10.1 Å². The predicted octanol–water partition coefficient (Wildman–Crippen LogP) is 0.645. The fourth-order valence-corrected chi connectivity index (χ4v) is 2.10. The van der Waals surface area contributed by atoms with Gasteiger partial charge < -0.3 is 15.2 Å². The second kappa shape index (κ2) is 7.66. The van der Waals surface area contributed by atoms with Crippen LogP contribution in [0.25, 0.3) is 0 Å². The number of ether oxygens (including phenoxy) is 1. The van der Waals surface area contributed by atoms with E-state index in [1.807, 2.05) is 0 Å². The molecule has 0 aromatic heterocycles. The molecule has 0 amide bonds. The van der Waals surface area contributed by atoms with E-state index in [0.717, 1.165) is 37.6 Å². The fraction of sp³-hybridized carbons (Fsp3) is 0.385. The maximum atomic E-state index is 11.6. The number of non-ortho nitro benzene ring substituents is 1. The highest BCUT2D eigenvalue weighted by Crippen LogP contribution is 2.18. The lowest BCUT2D eigenvalue weighted by molar-refractivity contribution is -0.385. The minimum absolute atomic E-state index is 0.114. The number of thiocarbonyl (C=S) groups is 1. The van der Waals surface area contributed by atoms with E-state index >= 15 is 0 Å². The zero-order valence-electron chi connectivity index (χ0n) is 11.7. The van der Waals surface area contributed by atoms with Gasteiger partial charge in [0.2, 0.25) is 0 Å². The quantitative estimate of drug-likeness (QED) is 0.354. The minimum atomic E-state index is -0.571. The lowest BCUT2D eigenvalue weighted by Crippen LogP contribution is -2.37. The molecular formula is C13H15N4O4S-. The van der Waals surface area contributed by atoms with Crippen LogP contribution in [0.2, 0.25) is 0 Å². The van der Waals surface area contributed by atoms with Crippen LogP contribution in [0.5, 0.6) is 5.75 Å². The van der Waals surface area contributed by atoms with Crippen molar-refractivity contribution in [3.8, 4) is 5.75 Å². The van der Waals surface area contributed by atoms with Gasteiger partial charge in [-0.2, -0.15) is 5.10 Å². The Kier molecular flexibility index (Phi) is 5.61. The van der Waals surface area contributed by atoms with Crippen molar-refractivity contribution in [3.63, 3.8) is 0 Å². The molecule has 1 atom stereocenters. The molecule has 0 unspecified atom stereocenters. The molecule has 22 heavy (non-hydrogen) atoms. The molecule has 0 spiro atoms. The molecule has 0 aliphatic carbocycles. The maximum absolute atomic E-state index is 11.6. The Balaban J connectivity index is 1.84. The first kappa shape index (κ1) is 16.1. The molecule has 2 N–H and O–H groups in total. The van der Waals surface area contributed by atoms with Gasteiger partial charge >= 0.3 is 0 Å². The number of hydrazone groups is 1. The van der Waals surface area contributed by atoms with Gasteiger partial charge in [-0.05, 0) is 30.6 Å². The second-order valence-corrected chi connectivity index (χ2v) is 5.10. The Morgan fingerprint density at radius 3 is 3.09 bits per heavy atom. The zero-order valence-corrected chi connectivity index (χ0v) is 12.5. The molecule has 8 nitrogen and oxygen atoms in total. The van der Waals surface area contributed by atoms with Gasteiger partial charge in [-0.25, -0.2) is 0 Å². The van der Waals surface area contributed by atoms with Crippen LogP contribution >= 0.6 is 12.2 Å². The molecule has 1 fully saturated rings. The summed E-state index contributed by atoms with van der Waals surface area (Å²) in [6.07, 6.45) is 3.39. The van der Waals surface area contributed by atoms with Gasteiger partial charge in [-0.15, -0.1) is 0 Å². The van der Waals surface area contributed by atoms with Crippen molar-refractivity contribution < 1.29 is 14.8 Å². The molecule has 118 valence electrons. The Labute approximate surface area is 132 Å². The highest BCUT2D eigenvalue weighted by molar-refractivity contribution is 7.80. The van der Waals surface area contributed by atoms with Gasteiger partial charge in [0.15, 0.2) is 5.11 Å². The second-order valence-electron chi connectivity index (χ2n) is 4.69. The lowest BCUT2D eigenvalue weighted by Gasteiger charge is -2.12. The Hall–Kier alpha value is -2.26. The number of benzene rings is 1. The first-order valence-electron chi connectivity index (χ1n) is 6.70. The molecule has 1 aliphatic heterocycles. The first-order chi connectivity index (χ1) is 10.6. The fourth-order valence-electron chi connectivity index (χ4n) is 1.96. The summed E-state index contributed by atoms with van der Waals surface area (Å²) >= 11 is 5.03. The van der Waals surface area contributed by atoms with E-state index in [-0.39, 0.29) is 23.1 Å². The van der Waals surface area contributed by atoms with Crippen molar-refractivity contribution in [2.75, 3.05) is 13.2 Å². The molecule has 1 aromatic carbocycles. The molecular weight excluding hydrogens is 308 g/mol. The van der Waals surface area contributed by atoms with Crippen LogP contribution in [0.3, 0.4) is 0 Å². The molecule has 0 radical (unpaired) electrons. The van der Waals surface area contributed by atoms with Crippen molar-refractivity contribution in [1.29, 1.82) is 0 Å². The SMILES string of the molecule is O=[N+]([O-])c1ccc([O-])c(/C=N\NC(=S)NC[C@H]2CCCO2)c1. The van der Waals surface area contributed by atoms with E-state index in [4.69, 9.17) is 17.0 Å². The smallest absolute Gasteiger partial charge is 0.270 e. The standard InChI is InChI=1S/C13H16N4O4S/c18-12-4-3-10(17(19)20)6-9(12)7-15-16-13(22)14-8-11-2-1-5-21-11/h3-4,6-7,11,18H,1-2,5,8H2,(H2,14,16,22)/p-1/b15-7-/t11-/m1/s1. The zero-order chi connectivity index (χ0) is 15.9. The number of nitro groups is 1. The van der Waals surface area contributed by atoms with Gasteiger partial charge in [0, 0.05) is 25.3 Å². The Bertz CT molecular complexity index is 587. The van der Waals surface area contributed by atoms with Crippen molar-refractivity contribution in [3.05, 3.63) is 33.9 Å². The topological polar surface area (TPSA) is 112 Å². The molecule has 2 rings (SSSR count). The number of nitro benzene ring substituents is 1. The predicted molar refractivity (Wildman–Crippen MR) is 82.8 cm³/mol. The van der Waals surface area contributed by atoms with E-state index < -0.39 is 4.92 Å². The van der Waals surface area contributed by atoms with Crippen molar-refractivity contribution in [1.82, 2.24) is 10.7 Å². The van der Waals surface area contributed by atoms with Gasteiger partial charge in [-0.3, -0.25) is 15.5 Å². The van der Waals surface area contributed by atoms with Crippen LogP contribution in [0.4, 0.5) is 5.69 Å². The summed E-state index contributed by atoms with van der Waals surface area (Å²) in [5, 5.41) is 29.3. The van der Waals surface area contributed by atoms with Crippen LogP contribution in [0.1, 0.15) is 18.4 Å². The summed E-state index contributed by atoms with van der Waals surface area (Å²) in [7, 11) is 0. The average molecular weight is 323 g/mol. The average Bonchev–Trinajstić information content (AvgIpc) is 3.00. The largest absolute Gasteiger partial charge is 0.872 e. The van der Waals surface area contributed by atoms with Crippen LogP contribution < -0.4 is 15.8 Å². The summed E-state index contributed by atoms with van der Waals surface area (Å²) < 4.78 is 5.43. The number of nitrogens with one attached hydrogen (secondary N) is 2. The minimum Gasteiger partial charge on any atom is -0.872 e. The van der Waals surface area contributed by atoms with Crippen LogP contribution in [-0.2, 0) is 4.74 Å². The normalized spacial score (nSPS) is 17.5. The van der Waals surface area contributed by atoms with Gasteiger partial charge in [0.25, 0.3) is 5.69 Å². The summed E-state index contributed by atoms with van der Waals surface area (Å²) in [5.74, 6) is -0.352. The van der Waals surface area contributed by atoms with Gasteiger partial charge in [-0.1, -0.05) is 11.8 Å². The van der Waals surface area contributed by atoms with E-state index in [1.165, 1.54) is 6.21 Å². The monoisotopic (exact) mass is 323 g/mol. The number of hydrogen-bond donors (Lipinski definition) is 2. The summed E-state index contributed by atoms with van der Waals surface area (Å²) in [6.45, 7) is 1.36. The summed E-state index contributed by atoms with van der Waals surface area (Å²) in [5.41, 5.74) is 2.50. The first-order valence-corrected chi connectivity index (χ1v) is 7.11. The van der Waals surface area contributed by atoms with E-state index in [1.54, 1.807) is 0 Å². The van der Waals surface area contributed by atoms with Crippen molar-refractivity contribution in [2.24, 2.45) is 5.10 Å². The molecule has 1 heterocycles. The molecule has 1 aliphatic rings. The molecule has 1 aromatic rings. The third-order valence-electron chi connectivity index (χ3n) is 3.09.